The van der Waals surface area contributed by atoms with Gasteiger partial charge in [0, 0.05) is 46.5 Å². The minimum Gasteiger partial charge on any atom is -0.456 e. The van der Waals surface area contributed by atoms with E-state index in [0.717, 1.165) is 88.8 Å². The second kappa shape index (κ2) is 8.76. The predicted molar refractivity (Wildman–Crippen MR) is 173 cm³/mol. The highest BCUT2D eigenvalue weighted by Crippen LogP contribution is 2.46. The maximum Gasteiger partial charge on any atom is 0.245 e. The first-order valence-electron chi connectivity index (χ1n) is 14.5. The Labute approximate surface area is 247 Å². The average molecular weight is 559 g/mol. The van der Waals surface area contributed by atoms with Gasteiger partial charge in [0.15, 0.2) is 0 Å². The Morgan fingerprint density at radius 2 is 0.953 bits per heavy atom. The van der Waals surface area contributed by atoms with Gasteiger partial charge in [0.1, 0.15) is 33.8 Å². The highest BCUT2D eigenvalue weighted by Gasteiger charge is 2.30. The Bertz CT molecular complexity index is 2390. The van der Waals surface area contributed by atoms with Gasteiger partial charge in [-0.3, -0.25) is 0 Å². The molecule has 0 spiro atoms. The Kier molecular flexibility index (Phi) is 4.92. The van der Waals surface area contributed by atoms with Gasteiger partial charge in [-0.2, -0.15) is 0 Å². The van der Waals surface area contributed by atoms with Crippen LogP contribution < -0.4 is 9.47 Å². The molecule has 2 aromatic heterocycles. The third-order valence-electron chi connectivity index (χ3n) is 8.38. The molecule has 8 aromatic rings. The molecule has 0 N–H and O–H groups in total. The molecule has 3 heterocycles. The van der Waals surface area contributed by atoms with Gasteiger partial charge in [-0.25, -0.2) is 0 Å². The number of ether oxygens (including phenoxy) is 2. The monoisotopic (exact) mass is 558 g/mol. The van der Waals surface area contributed by atoms with Crippen LogP contribution in [0, 0.1) is 0 Å². The van der Waals surface area contributed by atoms with Crippen molar-refractivity contribution in [3.05, 3.63) is 121 Å². The molecule has 0 amide bonds. The average Bonchev–Trinajstić information content (AvgIpc) is 3.55. The van der Waals surface area contributed by atoms with Gasteiger partial charge in [0.2, 0.25) is 5.79 Å². The zero-order valence-electron chi connectivity index (χ0n) is 23.7. The molecular formula is C39H26O4. The van der Waals surface area contributed by atoms with Crippen molar-refractivity contribution >= 4 is 43.9 Å². The van der Waals surface area contributed by atoms with Crippen molar-refractivity contribution in [2.75, 3.05) is 0 Å². The molecule has 6 aromatic carbocycles. The minimum absolute atomic E-state index is 0.781. The molecule has 0 saturated heterocycles. The molecule has 9 rings (SSSR count). The second-order valence-electron chi connectivity index (χ2n) is 11.6. The lowest BCUT2D eigenvalue weighted by molar-refractivity contribution is -0.0778. The molecule has 0 aliphatic carbocycles. The largest absolute Gasteiger partial charge is 0.456 e. The van der Waals surface area contributed by atoms with Crippen molar-refractivity contribution in [2.45, 2.75) is 19.6 Å². The van der Waals surface area contributed by atoms with E-state index in [0.29, 0.717) is 0 Å². The van der Waals surface area contributed by atoms with Crippen LogP contribution in [0.3, 0.4) is 0 Å². The maximum absolute atomic E-state index is 6.51. The van der Waals surface area contributed by atoms with E-state index in [1.165, 1.54) is 0 Å². The van der Waals surface area contributed by atoms with E-state index < -0.39 is 5.79 Å². The number of furan rings is 2. The number of para-hydroxylation sites is 2. The van der Waals surface area contributed by atoms with E-state index in [-0.39, 0.29) is 0 Å². The third kappa shape index (κ3) is 3.84. The number of rotatable bonds is 2. The molecule has 0 fully saturated rings. The van der Waals surface area contributed by atoms with Crippen molar-refractivity contribution in [1.82, 2.24) is 0 Å². The van der Waals surface area contributed by atoms with Gasteiger partial charge < -0.3 is 18.3 Å². The van der Waals surface area contributed by atoms with Crippen LogP contribution in [0.4, 0.5) is 0 Å². The number of hydrogen-bond donors (Lipinski definition) is 0. The van der Waals surface area contributed by atoms with Crippen molar-refractivity contribution in [2.24, 2.45) is 0 Å². The number of hydrogen-bond acceptors (Lipinski definition) is 4. The Hall–Kier alpha value is -5.48. The highest BCUT2D eigenvalue weighted by atomic mass is 16.7. The van der Waals surface area contributed by atoms with Gasteiger partial charge in [-0.1, -0.05) is 60.7 Å². The summed E-state index contributed by atoms with van der Waals surface area (Å²) in [6.45, 7) is 3.90. The summed E-state index contributed by atoms with van der Waals surface area (Å²) < 4.78 is 25.2. The van der Waals surface area contributed by atoms with E-state index >= 15 is 0 Å². The molecular weight excluding hydrogens is 532 g/mol. The Balaban J connectivity index is 1.16. The van der Waals surface area contributed by atoms with Crippen LogP contribution in [-0.2, 0) is 0 Å². The van der Waals surface area contributed by atoms with E-state index in [1.807, 2.05) is 62.4 Å². The number of fused-ring (bicyclic) bond motifs is 9. The van der Waals surface area contributed by atoms with Gasteiger partial charge >= 0.3 is 0 Å². The lowest BCUT2D eigenvalue weighted by Gasteiger charge is -2.25. The normalized spacial score (nSPS) is 13.9. The number of benzene rings is 6. The fraction of sp³-hybridized carbons (Fsp3) is 0.0769. The standard InChI is InChI=1S/C39H26O4/c1-39(2)42-36-18-14-24(25-11-15-29-27-7-3-5-9-33(27)41-37(29)21-25)20-32(36)30-16-12-26(22-38(30)43-39)23-13-17-35-31(19-23)28-8-4-6-10-34(28)40-35/h3-22H,1-2H3. The van der Waals surface area contributed by atoms with Crippen LogP contribution in [0.2, 0.25) is 0 Å². The summed E-state index contributed by atoms with van der Waals surface area (Å²) in [4.78, 5) is 0. The summed E-state index contributed by atoms with van der Waals surface area (Å²) in [5.74, 6) is 0.720. The van der Waals surface area contributed by atoms with Crippen molar-refractivity contribution in [3.63, 3.8) is 0 Å². The smallest absolute Gasteiger partial charge is 0.245 e. The Morgan fingerprint density at radius 1 is 0.395 bits per heavy atom. The summed E-state index contributed by atoms with van der Waals surface area (Å²) >= 11 is 0. The van der Waals surface area contributed by atoms with Gasteiger partial charge in [-0.15, -0.1) is 0 Å². The van der Waals surface area contributed by atoms with E-state index in [4.69, 9.17) is 18.3 Å². The van der Waals surface area contributed by atoms with Crippen molar-refractivity contribution < 1.29 is 18.3 Å². The van der Waals surface area contributed by atoms with Crippen LogP contribution in [0.15, 0.2) is 130 Å². The fourth-order valence-corrected chi connectivity index (χ4v) is 6.38. The van der Waals surface area contributed by atoms with E-state index in [2.05, 4.69) is 72.8 Å². The predicted octanol–water partition coefficient (Wildman–Crippen LogP) is 11.0. The summed E-state index contributed by atoms with van der Waals surface area (Å²) in [6, 6.07) is 41.8. The molecule has 43 heavy (non-hydrogen) atoms. The zero-order chi connectivity index (χ0) is 28.7. The van der Waals surface area contributed by atoms with Gasteiger partial charge in [0.05, 0.1) is 0 Å². The first kappa shape index (κ1) is 24.2. The lowest BCUT2D eigenvalue weighted by atomic mass is 9.95. The van der Waals surface area contributed by atoms with Crippen LogP contribution in [0.5, 0.6) is 11.5 Å². The topological polar surface area (TPSA) is 44.7 Å². The summed E-state index contributed by atoms with van der Waals surface area (Å²) in [5, 5.41) is 4.46. The van der Waals surface area contributed by atoms with Crippen LogP contribution in [0.25, 0.3) is 77.3 Å². The second-order valence-corrected chi connectivity index (χ2v) is 11.6. The maximum atomic E-state index is 6.51. The van der Waals surface area contributed by atoms with Crippen molar-refractivity contribution in [1.29, 1.82) is 0 Å². The SMILES string of the molecule is CC1(C)Oc2cc(-c3ccc4oc5ccccc5c4c3)ccc2-c2cc(-c3ccc4c(c3)oc3ccccc34)ccc2O1. The lowest BCUT2D eigenvalue weighted by Crippen LogP contribution is -2.34. The van der Waals surface area contributed by atoms with Crippen LogP contribution in [0.1, 0.15) is 13.8 Å². The molecule has 4 heteroatoms. The summed E-state index contributed by atoms with van der Waals surface area (Å²) in [5.41, 5.74) is 9.86. The molecule has 1 aliphatic rings. The summed E-state index contributed by atoms with van der Waals surface area (Å²) in [7, 11) is 0. The minimum atomic E-state index is -0.849. The zero-order valence-corrected chi connectivity index (χ0v) is 23.7. The molecule has 0 unspecified atom stereocenters. The van der Waals surface area contributed by atoms with Gasteiger partial charge in [-0.05, 0) is 82.9 Å². The van der Waals surface area contributed by atoms with E-state index in [1.54, 1.807) is 0 Å². The first-order valence-corrected chi connectivity index (χ1v) is 14.5. The molecule has 4 nitrogen and oxygen atoms in total. The quantitative estimate of drug-likeness (QED) is 0.212. The Morgan fingerprint density at radius 3 is 1.79 bits per heavy atom. The van der Waals surface area contributed by atoms with Gasteiger partial charge in [0.25, 0.3) is 0 Å². The molecule has 0 atom stereocenters. The molecule has 0 saturated carbocycles. The van der Waals surface area contributed by atoms with Crippen LogP contribution in [-0.4, -0.2) is 5.79 Å². The van der Waals surface area contributed by atoms with E-state index in [9.17, 15) is 0 Å². The molecule has 0 radical (unpaired) electrons. The summed E-state index contributed by atoms with van der Waals surface area (Å²) in [6.07, 6.45) is 0. The molecule has 206 valence electrons. The van der Waals surface area contributed by atoms with Crippen molar-refractivity contribution in [3.8, 4) is 44.9 Å². The fourth-order valence-electron chi connectivity index (χ4n) is 6.38. The molecule has 0 bridgehead atoms. The third-order valence-corrected chi connectivity index (χ3v) is 8.38. The first-order chi connectivity index (χ1) is 21.0. The van der Waals surface area contributed by atoms with Crippen LogP contribution >= 0.6 is 0 Å². The molecule has 1 aliphatic heterocycles. The highest BCUT2D eigenvalue weighted by molar-refractivity contribution is 6.07.